The van der Waals surface area contributed by atoms with Crippen LogP contribution >= 0.6 is 0 Å². The Balaban J connectivity index is 1.80. The number of benzene rings is 3. The van der Waals surface area contributed by atoms with Gasteiger partial charge >= 0.3 is 0 Å². The van der Waals surface area contributed by atoms with Crippen LogP contribution in [0.3, 0.4) is 0 Å². The molecule has 0 aliphatic rings. The molecule has 0 unspecified atom stereocenters. The van der Waals surface area contributed by atoms with E-state index >= 15 is 0 Å². The van der Waals surface area contributed by atoms with Crippen molar-refractivity contribution in [2.24, 2.45) is 5.10 Å². The van der Waals surface area contributed by atoms with Crippen LogP contribution in [0.2, 0.25) is 0 Å². The Morgan fingerprint density at radius 1 is 1.12 bits per heavy atom. The third kappa shape index (κ3) is 5.41. The molecule has 3 aromatic carbocycles. The summed E-state index contributed by atoms with van der Waals surface area (Å²) in [6.07, 6.45) is 1.31. The van der Waals surface area contributed by atoms with Crippen molar-refractivity contribution >= 4 is 27.8 Å². The van der Waals surface area contributed by atoms with E-state index in [0.717, 1.165) is 16.4 Å². The van der Waals surface area contributed by atoms with Gasteiger partial charge in [-0.3, -0.25) is 9.10 Å². The van der Waals surface area contributed by atoms with Gasteiger partial charge in [0.05, 0.1) is 23.9 Å². The highest BCUT2D eigenvalue weighted by Gasteiger charge is 2.27. The maximum Gasteiger partial charge on any atom is 0.264 e. The maximum atomic E-state index is 13.3. The molecule has 0 aliphatic heterocycles. The van der Waals surface area contributed by atoms with Crippen LogP contribution in [0.15, 0.2) is 82.8 Å². The molecule has 3 aromatic rings. The quantitative estimate of drug-likeness (QED) is 0.399. The average Bonchev–Trinajstić information content (AvgIpc) is 2.80. The number of halogens is 1. The number of methoxy groups -OCH3 is 1. The van der Waals surface area contributed by atoms with Crippen molar-refractivity contribution in [2.45, 2.75) is 4.90 Å². The predicted octanol–water partition coefficient (Wildman–Crippen LogP) is 2.89. The lowest BCUT2D eigenvalue weighted by Gasteiger charge is -2.23. The summed E-state index contributed by atoms with van der Waals surface area (Å²) in [6, 6.07) is 16.8. The van der Waals surface area contributed by atoms with E-state index in [1.165, 1.54) is 49.7 Å². The van der Waals surface area contributed by atoms with E-state index in [1.54, 1.807) is 24.3 Å². The van der Waals surface area contributed by atoms with Gasteiger partial charge < -0.3 is 9.84 Å². The zero-order chi connectivity index (χ0) is 23.1. The zero-order valence-electron chi connectivity index (χ0n) is 17.0. The molecule has 0 heterocycles. The summed E-state index contributed by atoms with van der Waals surface area (Å²) < 4.78 is 45.5. The third-order valence-corrected chi connectivity index (χ3v) is 6.13. The Labute approximate surface area is 184 Å². The van der Waals surface area contributed by atoms with Crippen molar-refractivity contribution in [2.75, 3.05) is 18.0 Å². The first kappa shape index (κ1) is 22.8. The Morgan fingerprint density at radius 2 is 1.81 bits per heavy atom. The number of hydrazone groups is 1. The number of hydrogen-bond donors (Lipinski definition) is 2. The van der Waals surface area contributed by atoms with Crippen molar-refractivity contribution in [3.05, 3.63) is 84.2 Å². The van der Waals surface area contributed by atoms with Crippen molar-refractivity contribution in [3.8, 4) is 11.5 Å². The van der Waals surface area contributed by atoms with Crippen LogP contribution in [0.1, 0.15) is 5.56 Å². The lowest BCUT2D eigenvalue weighted by molar-refractivity contribution is -0.119. The number of phenols is 1. The molecule has 0 fully saturated rings. The molecule has 0 aliphatic carbocycles. The minimum absolute atomic E-state index is 0.0168. The Kier molecular flexibility index (Phi) is 7.06. The number of carbonyl (C=O) groups excluding carboxylic acids is 1. The van der Waals surface area contributed by atoms with Gasteiger partial charge in [-0.15, -0.1) is 0 Å². The van der Waals surface area contributed by atoms with Crippen LogP contribution in [0.5, 0.6) is 11.5 Å². The topological polar surface area (TPSA) is 108 Å². The second-order valence-corrected chi connectivity index (χ2v) is 8.39. The summed E-state index contributed by atoms with van der Waals surface area (Å²) in [7, 11) is -2.70. The lowest BCUT2D eigenvalue weighted by atomic mass is 10.2. The molecule has 8 nitrogen and oxygen atoms in total. The Bertz CT molecular complexity index is 1220. The smallest absolute Gasteiger partial charge is 0.264 e. The third-order valence-electron chi connectivity index (χ3n) is 4.34. The number of hydrogen-bond acceptors (Lipinski definition) is 6. The molecule has 1 amide bonds. The predicted molar refractivity (Wildman–Crippen MR) is 118 cm³/mol. The highest BCUT2D eigenvalue weighted by atomic mass is 32.2. The molecule has 2 N–H and O–H groups in total. The number of anilines is 1. The number of aromatic hydroxyl groups is 1. The second-order valence-electron chi connectivity index (χ2n) is 6.53. The molecule has 0 saturated heterocycles. The van der Waals surface area contributed by atoms with E-state index < -0.39 is 28.3 Å². The Morgan fingerprint density at radius 3 is 2.47 bits per heavy atom. The number of phenolic OH excluding ortho intramolecular Hbond substituents is 1. The molecule has 32 heavy (non-hydrogen) atoms. The number of rotatable bonds is 8. The van der Waals surface area contributed by atoms with Gasteiger partial charge in [-0.05, 0) is 60.2 Å². The molecule has 0 saturated carbocycles. The minimum Gasteiger partial charge on any atom is -0.504 e. The van der Waals surface area contributed by atoms with Gasteiger partial charge in [0, 0.05) is 0 Å². The molecule has 166 valence electrons. The van der Waals surface area contributed by atoms with E-state index in [9.17, 15) is 22.7 Å². The number of nitrogens with zero attached hydrogens (tertiary/aromatic N) is 2. The fraction of sp³-hybridized carbons (Fsp3) is 0.0909. The van der Waals surface area contributed by atoms with Crippen LogP contribution in [0.4, 0.5) is 10.1 Å². The van der Waals surface area contributed by atoms with Gasteiger partial charge in [0.1, 0.15) is 12.4 Å². The van der Waals surface area contributed by atoms with Gasteiger partial charge in [0.15, 0.2) is 11.5 Å². The van der Waals surface area contributed by atoms with Crippen LogP contribution < -0.4 is 14.5 Å². The summed E-state index contributed by atoms with van der Waals surface area (Å²) >= 11 is 0. The molecular weight excluding hydrogens is 437 g/mol. The summed E-state index contributed by atoms with van der Waals surface area (Å²) in [6.45, 7) is -0.584. The number of carbonyl (C=O) groups is 1. The van der Waals surface area contributed by atoms with Crippen molar-refractivity contribution in [3.63, 3.8) is 0 Å². The van der Waals surface area contributed by atoms with Crippen molar-refractivity contribution in [1.82, 2.24) is 5.43 Å². The normalized spacial score (nSPS) is 11.3. The molecule has 10 heteroatoms. The monoisotopic (exact) mass is 457 g/mol. The summed E-state index contributed by atoms with van der Waals surface area (Å²) in [5.74, 6) is -1.06. The fourth-order valence-corrected chi connectivity index (χ4v) is 4.20. The number of sulfonamides is 1. The first-order valence-corrected chi connectivity index (χ1v) is 10.8. The molecular formula is C22H20FN3O5S. The molecule has 0 aromatic heterocycles. The van der Waals surface area contributed by atoms with Gasteiger partial charge in [-0.25, -0.2) is 18.2 Å². The SMILES string of the molecule is COc1cc(/C=N\NC(=O)CN(c2ccc(F)cc2)S(=O)(=O)c2ccccc2)ccc1O. The fourth-order valence-electron chi connectivity index (χ4n) is 2.76. The molecule has 0 spiro atoms. The number of amides is 1. The summed E-state index contributed by atoms with van der Waals surface area (Å²) in [4.78, 5) is 12.5. The first-order valence-electron chi connectivity index (χ1n) is 9.33. The van der Waals surface area contributed by atoms with Crippen molar-refractivity contribution < 1.29 is 27.4 Å². The van der Waals surface area contributed by atoms with E-state index in [2.05, 4.69) is 10.5 Å². The highest BCUT2D eigenvalue weighted by molar-refractivity contribution is 7.92. The lowest BCUT2D eigenvalue weighted by Crippen LogP contribution is -2.39. The van der Waals surface area contributed by atoms with Crippen LogP contribution in [-0.4, -0.2) is 39.3 Å². The molecule has 0 atom stereocenters. The van der Waals surface area contributed by atoms with E-state index in [4.69, 9.17) is 4.74 Å². The van der Waals surface area contributed by atoms with E-state index in [0.29, 0.717) is 5.56 Å². The van der Waals surface area contributed by atoms with E-state index in [1.807, 2.05) is 0 Å². The summed E-state index contributed by atoms with van der Waals surface area (Å²) in [5, 5.41) is 13.4. The Hall–Kier alpha value is -3.92. The van der Waals surface area contributed by atoms with Gasteiger partial charge in [-0.2, -0.15) is 5.10 Å². The van der Waals surface area contributed by atoms with E-state index in [-0.39, 0.29) is 22.1 Å². The largest absolute Gasteiger partial charge is 0.504 e. The number of nitrogens with one attached hydrogen (secondary N) is 1. The maximum absolute atomic E-state index is 13.3. The zero-order valence-corrected chi connectivity index (χ0v) is 17.8. The summed E-state index contributed by atoms with van der Waals surface area (Å²) in [5.41, 5.74) is 2.92. The second kappa shape index (κ2) is 9.92. The van der Waals surface area contributed by atoms with Crippen LogP contribution in [-0.2, 0) is 14.8 Å². The number of ether oxygens (including phenoxy) is 1. The van der Waals surface area contributed by atoms with Gasteiger partial charge in [-0.1, -0.05) is 18.2 Å². The average molecular weight is 457 g/mol. The standard InChI is InChI=1S/C22H20FN3O5S/c1-31-21-13-16(7-12-20(21)27)14-24-25-22(28)15-26(18-10-8-17(23)9-11-18)32(29,30)19-5-3-2-4-6-19/h2-14,27H,15H2,1H3,(H,25,28)/b24-14-. The molecule has 0 bridgehead atoms. The molecule has 0 radical (unpaired) electrons. The minimum atomic E-state index is -4.10. The molecule has 3 rings (SSSR count). The van der Waals surface area contributed by atoms with Crippen LogP contribution in [0.25, 0.3) is 0 Å². The van der Waals surface area contributed by atoms with Crippen molar-refractivity contribution in [1.29, 1.82) is 0 Å². The van der Waals surface area contributed by atoms with Gasteiger partial charge in [0.25, 0.3) is 15.9 Å². The highest BCUT2D eigenvalue weighted by Crippen LogP contribution is 2.26. The first-order chi connectivity index (χ1) is 15.3. The van der Waals surface area contributed by atoms with Gasteiger partial charge in [0.2, 0.25) is 0 Å². The van der Waals surface area contributed by atoms with Crippen LogP contribution in [0, 0.1) is 5.82 Å².